The van der Waals surface area contributed by atoms with E-state index in [4.69, 9.17) is 19.6 Å². The maximum atomic E-state index is 14.1. The SMILES string of the molecule is Cc1c(O[C@H]2CC[C@H](CCCCN3CCN(c4ccc5c(C6CCC(=O)NC6=O)nn(C)c5c4)C[C@H]3C)CC2)cccc1-c1ccc(N2CCc3cccc(C(=O)Nc4nc5ccccc5s4)c3C2)nc1C(=O)OC(C)(C)C. The summed E-state index contributed by atoms with van der Waals surface area (Å²) in [4.78, 5) is 69.4. The van der Waals surface area contributed by atoms with Gasteiger partial charge in [0.05, 0.1) is 33.4 Å². The highest BCUT2D eigenvalue weighted by atomic mass is 32.1. The van der Waals surface area contributed by atoms with E-state index in [1.54, 1.807) is 0 Å². The number of piperazine rings is 1. The zero-order valence-electron chi connectivity index (χ0n) is 45.8. The van der Waals surface area contributed by atoms with Gasteiger partial charge in [-0.25, -0.2) is 14.8 Å². The topological polar surface area (TPSA) is 164 Å². The summed E-state index contributed by atoms with van der Waals surface area (Å²) in [6.45, 7) is 15.2. The van der Waals surface area contributed by atoms with Gasteiger partial charge >= 0.3 is 5.97 Å². The average Bonchev–Trinajstić information content (AvgIpc) is 4.14. The molecule has 406 valence electrons. The fourth-order valence-electron chi connectivity index (χ4n) is 12.1. The van der Waals surface area contributed by atoms with Crippen molar-refractivity contribution in [1.82, 2.24) is 30.0 Å². The number of imide groups is 1. The molecule has 3 aliphatic heterocycles. The first-order valence-corrected chi connectivity index (χ1v) is 28.8. The Morgan fingerprint density at radius 2 is 1.67 bits per heavy atom. The molecule has 16 heteroatoms. The number of ether oxygens (including phenoxy) is 2. The Hall–Kier alpha value is -7.17. The number of hydrogen-bond acceptors (Lipinski definition) is 13. The van der Waals surface area contributed by atoms with Gasteiger partial charge in [0, 0.05) is 74.4 Å². The maximum Gasteiger partial charge on any atom is 0.358 e. The van der Waals surface area contributed by atoms with Crippen LogP contribution in [0.5, 0.6) is 5.75 Å². The second kappa shape index (κ2) is 22.3. The van der Waals surface area contributed by atoms with E-state index in [-0.39, 0.29) is 29.5 Å². The number of rotatable bonds is 14. The second-order valence-electron chi connectivity index (χ2n) is 22.9. The van der Waals surface area contributed by atoms with Gasteiger partial charge in [-0.15, -0.1) is 0 Å². The standard InChI is InChI=1S/C62H71N9O6S/c1-38-36-70(42-22-25-47-51(35-42)68(6)67-56(47)48-27-29-55(72)65-59(48)74)34-33-69(38)31-10-9-13-40-20-23-43(24-21-40)76-52-18-12-15-44(39(52)2)45-26-28-54(64-57(45)60(75)77-62(3,4)5)71-32-30-41-14-11-16-46(49(41)37-71)58(73)66-61-63-50-17-7-8-19-53(50)78-61/h7-8,11-12,14-19,22,25-26,28,35,38,40,43,48H,9-10,13,20-21,23-24,27,29-34,36-37H2,1-6H3,(H,63,66,73)(H,65,72,74)/t38-,40-,43-,48?/m1/s1. The molecule has 4 aliphatic rings. The summed E-state index contributed by atoms with van der Waals surface area (Å²) in [5, 5.41) is 11.8. The summed E-state index contributed by atoms with van der Waals surface area (Å²) in [5.74, 6) is 0.593. The van der Waals surface area contributed by atoms with Crippen molar-refractivity contribution in [3.63, 3.8) is 0 Å². The quantitative estimate of drug-likeness (QED) is 0.0603. The fraction of sp³-hybridized carbons (Fsp3) is 0.435. The Kier molecular flexibility index (Phi) is 15.1. The van der Waals surface area contributed by atoms with E-state index in [2.05, 4.69) is 68.4 Å². The van der Waals surface area contributed by atoms with E-state index in [9.17, 15) is 19.2 Å². The molecule has 15 nitrogen and oxygen atoms in total. The van der Waals surface area contributed by atoms with E-state index < -0.39 is 17.5 Å². The van der Waals surface area contributed by atoms with Crippen LogP contribution in [0, 0.1) is 12.8 Å². The number of aryl methyl sites for hydroxylation is 1. The van der Waals surface area contributed by atoms with E-state index >= 15 is 0 Å². The Bertz CT molecular complexity index is 3380. The summed E-state index contributed by atoms with van der Waals surface area (Å²) in [6.07, 6.45) is 9.65. The van der Waals surface area contributed by atoms with Gasteiger partial charge in [-0.3, -0.25) is 34.6 Å². The highest BCUT2D eigenvalue weighted by Gasteiger charge is 2.33. The van der Waals surface area contributed by atoms with Gasteiger partial charge in [0.15, 0.2) is 10.8 Å². The number of nitrogens with zero attached hydrogens (tertiary/aromatic N) is 7. The van der Waals surface area contributed by atoms with Crippen molar-refractivity contribution >= 4 is 72.8 Å². The number of esters is 1. The number of carbonyl (C=O) groups excluding carboxylic acids is 4. The lowest BCUT2D eigenvalue weighted by Gasteiger charge is -2.41. The van der Waals surface area contributed by atoms with E-state index in [0.717, 1.165) is 113 Å². The number of thiazole rings is 1. The molecule has 1 saturated carbocycles. The van der Waals surface area contributed by atoms with Gasteiger partial charge in [0.2, 0.25) is 11.8 Å². The van der Waals surface area contributed by atoms with Crippen LogP contribution in [0.15, 0.2) is 91.0 Å². The van der Waals surface area contributed by atoms with Crippen molar-refractivity contribution in [2.75, 3.05) is 47.8 Å². The number of para-hydroxylation sites is 1. The molecule has 1 unspecified atom stereocenters. The average molecular weight is 1070 g/mol. The number of hydrogen-bond donors (Lipinski definition) is 2. The summed E-state index contributed by atoms with van der Waals surface area (Å²) in [5.41, 5.74) is 8.46. The highest BCUT2D eigenvalue weighted by molar-refractivity contribution is 7.22. The fourth-order valence-corrected chi connectivity index (χ4v) is 13.0. The number of amides is 3. The third-order valence-corrected chi connectivity index (χ3v) is 17.3. The molecular formula is C62H71N9O6S. The van der Waals surface area contributed by atoms with Gasteiger partial charge in [-0.1, -0.05) is 60.6 Å². The lowest BCUT2D eigenvalue weighted by molar-refractivity contribution is -0.134. The van der Waals surface area contributed by atoms with Crippen LogP contribution in [0.3, 0.4) is 0 Å². The van der Waals surface area contributed by atoms with Crippen LogP contribution in [0.4, 0.5) is 16.6 Å². The van der Waals surface area contributed by atoms with Crippen molar-refractivity contribution in [2.45, 2.75) is 129 Å². The molecule has 7 aromatic rings. The minimum absolute atomic E-state index is 0.124. The number of anilines is 3. The van der Waals surface area contributed by atoms with Crippen molar-refractivity contribution < 1.29 is 28.7 Å². The molecule has 0 bridgehead atoms. The summed E-state index contributed by atoms with van der Waals surface area (Å²) >= 11 is 1.45. The summed E-state index contributed by atoms with van der Waals surface area (Å²) in [6, 6.07) is 30.6. The van der Waals surface area contributed by atoms with Gasteiger partial charge in [-0.2, -0.15) is 5.10 Å². The number of fused-ring (bicyclic) bond motifs is 3. The number of nitrogens with one attached hydrogen (secondary N) is 2. The molecule has 1 aliphatic carbocycles. The van der Waals surface area contributed by atoms with Crippen molar-refractivity contribution in [1.29, 1.82) is 0 Å². The van der Waals surface area contributed by atoms with Crippen molar-refractivity contribution in [2.24, 2.45) is 13.0 Å². The smallest absolute Gasteiger partial charge is 0.358 e. The third-order valence-electron chi connectivity index (χ3n) is 16.4. The van der Waals surface area contributed by atoms with Crippen LogP contribution >= 0.6 is 11.3 Å². The summed E-state index contributed by atoms with van der Waals surface area (Å²) in [7, 11) is 1.93. The molecule has 3 amide bonds. The number of unbranched alkanes of at least 4 members (excludes halogenated alkanes) is 1. The minimum Gasteiger partial charge on any atom is -0.490 e. The molecule has 2 N–H and O–H groups in total. The molecule has 78 heavy (non-hydrogen) atoms. The predicted octanol–water partition coefficient (Wildman–Crippen LogP) is 11.2. The van der Waals surface area contributed by atoms with Crippen LogP contribution in [0.2, 0.25) is 0 Å². The second-order valence-corrected chi connectivity index (χ2v) is 23.9. The van der Waals surface area contributed by atoms with Gasteiger partial charge in [0.1, 0.15) is 17.2 Å². The van der Waals surface area contributed by atoms with Gasteiger partial charge in [0.25, 0.3) is 5.91 Å². The number of piperidine rings is 1. The van der Waals surface area contributed by atoms with E-state index in [1.807, 2.05) is 99.2 Å². The van der Waals surface area contributed by atoms with Gasteiger partial charge in [-0.05, 0) is 169 Å². The normalized spacial score (nSPS) is 20.2. The lowest BCUT2D eigenvalue weighted by Crippen LogP contribution is -2.52. The lowest BCUT2D eigenvalue weighted by atomic mass is 9.84. The number of pyridine rings is 1. The molecular weight excluding hydrogens is 999 g/mol. The Balaban J connectivity index is 0.682. The minimum atomic E-state index is -0.731. The van der Waals surface area contributed by atoms with Crippen LogP contribution in [-0.2, 0) is 34.3 Å². The van der Waals surface area contributed by atoms with Crippen LogP contribution in [0.1, 0.15) is 135 Å². The predicted molar refractivity (Wildman–Crippen MR) is 308 cm³/mol. The molecule has 2 atom stereocenters. The van der Waals surface area contributed by atoms with Gasteiger partial charge < -0.3 is 19.3 Å². The first-order valence-electron chi connectivity index (χ1n) is 28.0. The largest absolute Gasteiger partial charge is 0.490 e. The number of carbonyl (C=O) groups is 4. The number of benzene rings is 4. The molecule has 11 rings (SSSR count). The summed E-state index contributed by atoms with van der Waals surface area (Å²) < 4.78 is 15.7. The van der Waals surface area contributed by atoms with Crippen LogP contribution in [-0.4, -0.2) is 98.8 Å². The molecule has 4 aromatic carbocycles. The van der Waals surface area contributed by atoms with Crippen LogP contribution < -0.4 is 25.2 Å². The maximum absolute atomic E-state index is 14.1. The Morgan fingerprint density at radius 1 is 0.846 bits per heavy atom. The Morgan fingerprint density at radius 3 is 2.46 bits per heavy atom. The molecule has 6 heterocycles. The third kappa shape index (κ3) is 11.4. The highest BCUT2D eigenvalue weighted by Crippen LogP contribution is 2.39. The molecule has 2 saturated heterocycles. The van der Waals surface area contributed by atoms with Crippen molar-refractivity contribution in [3.05, 3.63) is 125 Å². The zero-order valence-corrected chi connectivity index (χ0v) is 46.6. The van der Waals surface area contributed by atoms with E-state index in [0.29, 0.717) is 60.0 Å². The van der Waals surface area contributed by atoms with E-state index in [1.165, 1.54) is 36.3 Å². The number of aromatic nitrogens is 4. The zero-order chi connectivity index (χ0) is 54.2. The monoisotopic (exact) mass is 1070 g/mol. The molecule has 3 fully saturated rings. The first-order chi connectivity index (χ1) is 37.6. The first kappa shape index (κ1) is 52.9. The molecule has 0 spiro atoms. The molecule has 0 radical (unpaired) electrons. The molecule has 3 aromatic heterocycles. The van der Waals surface area contributed by atoms with Crippen molar-refractivity contribution in [3.8, 4) is 16.9 Å². The Labute approximate surface area is 460 Å². The van der Waals surface area contributed by atoms with Crippen LogP contribution in [0.25, 0.3) is 32.2 Å².